The van der Waals surface area contributed by atoms with Crippen molar-refractivity contribution in [1.29, 1.82) is 0 Å². The van der Waals surface area contributed by atoms with Crippen molar-refractivity contribution in [3.8, 4) is 17.2 Å². The predicted molar refractivity (Wildman–Crippen MR) is 64.0 cm³/mol. The van der Waals surface area contributed by atoms with Gasteiger partial charge in [-0.15, -0.1) is 0 Å². The standard InChI is InChI=1S/C13H10O7/c1-19-6-2-4(14)7-9(10(6)16)12(18)13-8(11(7)17)5(15)3-20-13/h2,5,14-16H,3H2,1H3. The molecule has 1 aliphatic carbocycles. The second kappa shape index (κ2) is 3.97. The van der Waals surface area contributed by atoms with E-state index in [2.05, 4.69) is 0 Å². The first-order valence-electron chi connectivity index (χ1n) is 5.74. The quantitative estimate of drug-likeness (QED) is 0.626. The highest BCUT2D eigenvalue weighted by Crippen LogP contribution is 2.44. The summed E-state index contributed by atoms with van der Waals surface area (Å²) in [4.78, 5) is 24.5. The minimum atomic E-state index is -1.22. The minimum Gasteiger partial charge on any atom is -0.507 e. The number of Topliss-reactive ketones (excluding diaryl/α,β-unsaturated/α-hetero) is 2. The van der Waals surface area contributed by atoms with E-state index in [1.54, 1.807) is 0 Å². The molecule has 0 fully saturated rings. The number of methoxy groups -OCH3 is 1. The van der Waals surface area contributed by atoms with E-state index in [9.17, 15) is 24.9 Å². The number of ether oxygens (including phenoxy) is 2. The van der Waals surface area contributed by atoms with Crippen molar-refractivity contribution in [3.63, 3.8) is 0 Å². The summed E-state index contributed by atoms with van der Waals surface area (Å²) < 4.78 is 9.83. The Labute approximate surface area is 112 Å². The Hall–Kier alpha value is -2.54. The fourth-order valence-electron chi connectivity index (χ4n) is 2.41. The number of aliphatic hydroxyl groups is 1. The molecule has 3 rings (SSSR count). The van der Waals surface area contributed by atoms with Crippen LogP contribution in [0.2, 0.25) is 0 Å². The number of hydrogen-bond acceptors (Lipinski definition) is 7. The molecule has 0 radical (unpaired) electrons. The van der Waals surface area contributed by atoms with E-state index >= 15 is 0 Å². The first kappa shape index (κ1) is 12.5. The Bertz CT molecular complexity index is 686. The van der Waals surface area contributed by atoms with Crippen molar-refractivity contribution in [2.24, 2.45) is 0 Å². The van der Waals surface area contributed by atoms with Crippen molar-refractivity contribution >= 4 is 11.6 Å². The van der Waals surface area contributed by atoms with Crippen LogP contribution in [-0.2, 0) is 4.74 Å². The number of carbonyl (C=O) groups is 2. The Balaban J connectivity index is 2.32. The summed E-state index contributed by atoms with van der Waals surface area (Å²) in [6.07, 6.45) is -1.22. The maximum absolute atomic E-state index is 12.3. The average molecular weight is 278 g/mol. The van der Waals surface area contributed by atoms with Gasteiger partial charge in [0.15, 0.2) is 23.0 Å². The van der Waals surface area contributed by atoms with Crippen LogP contribution in [0.5, 0.6) is 17.2 Å². The Morgan fingerprint density at radius 2 is 1.95 bits per heavy atom. The fraction of sp³-hybridized carbons (Fsp3) is 0.231. The maximum Gasteiger partial charge on any atom is 0.232 e. The molecule has 20 heavy (non-hydrogen) atoms. The second-order valence-corrected chi connectivity index (χ2v) is 4.42. The number of benzene rings is 1. The largest absolute Gasteiger partial charge is 0.507 e. The molecule has 0 bridgehead atoms. The normalized spacial score (nSPS) is 20.6. The van der Waals surface area contributed by atoms with E-state index in [-0.39, 0.29) is 34.8 Å². The second-order valence-electron chi connectivity index (χ2n) is 4.42. The molecule has 1 aliphatic heterocycles. The molecule has 0 aromatic heterocycles. The van der Waals surface area contributed by atoms with Crippen molar-refractivity contribution in [2.45, 2.75) is 6.10 Å². The summed E-state index contributed by atoms with van der Waals surface area (Å²) in [5.41, 5.74) is -0.918. The van der Waals surface area contributed by atoms with Crippen molar-refractivity contribution in [3.05, 3.63) is 28.5 Å². The lowest BCUT2D eigenvalue weighted by Gasteiger charge is -2.19. The number of aliphatic hydroxyl groups excluding tert-OH is 1. The van der Waals surface area contributed by atoms with Crippen LogP contribution in [0, 0.1) is 0 Å². The third-order valence-corrected chi connectivity index (χ3v) is 3.33. The van der Waals surface area contributed by atoms with Gasteiger partial charge in [-0.1, -0.05) is 0 Å². The Morgan fingerprint density at radius 1 is 1.25 bits per heavy atom. The molecule has 7 heteroatoms. The molecule has 0 saturated heterocycles. The predicted octanol–water partition coefficient (Wildman–Crippen LogP) is 0.131. The van der Waals surface area contributed by atoms with Crippen molar-refractivity contribution in [1.82, 2.24) is 0 Å². The first-order valence-corrected chi connectivity index (χ1v) is 5.74. The summed E-state index contributed by atoms with van der Waals surface area (Å²) in [6, 6.07) is 1.03. The van der Waals surface area contributed by atoms with Gasteiger partial charge < -0.3 is 24.8 Å². The van der Waals surface area contributed by atoms with Crippen LogP contribution in [0.15, 0.2) is 17.4 Å². The zero-order valence-electron chi connectivity index (χ0n) is 10.3. The zero-order chi connectivity index (χ0) is 14.6. The van der Waals surface area contributed by atoms with E-state index in [0.717, 1.165) is 6.07 Å². The number of carbonyl (C=O) groups excluding carboxylic acids is 2. The maximum atomic E-state index is 12.3. The van der Waals surface area contributed by atoms with Crippen LogP contribution in [0.3, 0.4) is 0 Å². The van der Waals surface area contributed by atoms with Gasteiger partial charge in [-0.25, -0.2) is 0 Å². The number of rotatable bonds is 1. The highest BCUT2D eigenvalue weighted by molar-refractivity contribution is 6.29. The number of allylic oxidation sites excluding steroid dienone is 1. The molecule has 104 valence electrons. The van der Waals surface area contributed by atoms with E-state index < -0.39 is 29.2 Å². The first-order chi connectivity index (χ1) is 9.47. The van der Waals surface area contributed by atoms with Crippen LogP contribution in [0.1, 0.15) is 20.7 Å². The molecule has 1 unspecified atom stereocenters. The summed E-state index contributed by atoms with van der Waals surface area (Å²) in [7, 11) is 1.25. The van der Waals surface area contributed by atoms with Crippen LogP contribution in [0.25, 0.3) is 0 Å². The zero-order valence-corrected chi connectivity index (χ0v) is 10.3. The third-order valence-electron chi connectivity index (χ3n) is 3.33. The van der Waals surface area contributed by atoms with Crippen molar-refractivity contribution < 1.29 is 34.4 Å². The highest BCUT2D eigenvalue weighted by Gasteiger charge is 2.44. The molecule has 2 aliphatic rings. The van der Waals surface area contributed by atoms with Gasteiger partial charge >= 0.3 is 0 Å². The van der Waals surface area contributed by atoms with Gasteiger partial charge in [0.25, 0.3) is 0 Å². The SMILES string of the molecule is COc1cc(O)c2c(c1O)C(=O)C1=C(C2=O)C(O)CO1. The molecule has 7 nitrogen and oxygen atoms in total. The van der Waals surface area contributed by atoms with Gasteiger partial charge in [0.1, 0.15) is 18.5 Å². The van der Waals surface area contributed by atoms with E-state index in [1.807, 2.05) is 0 Å². The van der Waals surface area contributed by atoms with Gasteiger partial charge in [-0.3, -0.25) is 9.59 Å². The molecule has 0 amide bonds. The third kappa shape index (κ3) is 1.38. The minimum absolute atomic E-state index is 0.134. The summed E-state index contributed by atoms with van der Waals surface area (Å²) in [5, 5.41) is 29.5. The monoisotopic (exact) mass is 278 g/mol. The van der Waals surface area contributed by atoms with Gasteiger partial charge in [-0.05, 0) is 0 Å². The average Bonchev–Trinajstić information content (AvgIpc) is 2.80. The molecule has 1 atom stereocenters. The molecule has 1 heterocycles. The summed E-state index contributed by atoms with van der Waals surface area (Å²) in [5.74, 6) is -2.98. The molecule has 0 spiro atoms. The molecular formula is C13H10O7. The lowest BCUT2D eigenvalue weighted by molar-refractivity contribution is 0.0891. The number of ketones is 2. The summed E-state index contributed by atoms with van der Waals surface area (Å²) >= 11 is 0. The van der Waals surface area contributed by atoms with Crippen LogP contribution in [-0.4, -0.2) is 46.7 Å². The molecule has 1 aromatic carbocycles. The lowest BCUT2D eigenvalue weighted by Crippen LogP contribution is -2.25. The number of aromatic hydroxyl groups is 2. The number of hydrogen-bond donors (Lipinski definition) is 3. The van der Waals surface area contributed by atoms with Gasteiger partial charge in [0, 0.05) is 6.07 Å². The Kier molecular flexibility index (Phi) is 2.48. The van der Waals surface area contributed by atoms with E-state index in [1.165, 1.54) is 7.11 Å². The molecule has 0 saturated carbocycles. The number of phenols is 2. The molecule has 1 aromatic rings. The van der Waals surface area contributed by atoms with Crippen LogP contribution >= 0.6 is 0 Å². The van der Waals surface area contributed by atoms with E-state index in [4.69, 9.17) is 9.47 Å². The van der Waals surface area contributed by atoms with Crippen LogP contribution < -0.4 is 4.74 Å². The smallest absolute Gasteiger partial charge is 0.232 e. The molecular weight excluding hydrogens is 268 g/mol. The highest BCUT2D eigenvalue weighted by atomic mass is 16.5. The van der Waals surface area contributed by atoms with Crippen molar-refractivity contribution in [2.75, 3.05) is 13.7 Å². The van der Waals surface area contributed by atoms with Gasteiger partial charge in [0.05, 0.1) is 23.8 Å². The number of phenolic OH excluding ortho intramolecular Hbond substituents is 2. The Morgan fingerprint density at radius 3 is 2.60 bits per heavy atom. The van der Waals surface area contributed by atoms with Gasteiger partial charge in [-0.2, -0.15) is 0 Å². The van der Waals surface area contributed by atoms with E-state index in [0.29, 0.717) is 0 Å². The molecule has 3 N–H and O–H groups in total. The number of fused-ring (bicyclic) bond motifs is 1. The topological polar surface area (TPSA) is 113 Å². The fourth-order valence-corrected chi connectivity index (χ4v) is 2.41. The summed E-state index contributed by atoms with van der Waals surface area (Å²) in [6.45, 7) is -0.213. The lowest BCUT2D eigenvalue weighted by atomic mass is 9.85. The van der Waals surface area contributed by atoms with Crippen LogP contribution in [0.4, 0.5) is 0 Å². The van der Waals surface area contributed by atoms with Gasteiger partial charge in [0.2, 0.25) is 5.78 Å².